The number of carboxylic acid groups (broad SMARTS) is 1. The molecule has 0 aromatic heterocycles. The smallest absolute Gasteiger partial charge is 0.345 e. The maximum Gasteiger partial charge on any atom is 0.345 e. The van der Waals surface area contributed by atoms with Crippen LogP contribution in [0.2, 0.25) is 0 Å². The van der Waals surface area contributed by atoms with Crippen LogP contribution in [0.15, 0.2) is 24.3 Å². The van der Waals surface area contributed by atoms with E-state index in [0.29, 0.717) is 0 Å². The Hall–Kier alpha value is -1.58. The Morgan fingerprint density at radius 2 is 2.09 bits per heavy atom. The van der Waals surface area contributed by atoms with Crippen molar-refractivity contribution in [3.05, 3.63) is 24.3 Å². The lowest BCUT2D eigenvalue weighted by Gasteiger charge is -1.96. The summed E-state index contributed by atoms with van der Waals surface area (Å²) in [6.45, 7) is 3.25. The number of hydrogen-bond donors (Lipinski definition) is 1. The molecule has 4 heteroatoms. The monoisotopic (exact) mass is 156 g/mol. The summed E-state index contributed by atoms with van der Waals surface area (Å²) in [5, 5.41) is 8.39. The molecule has 0 saturated carbocycles. The number of carboxylic acids is 1. The van der Waals surface area contributed by atoms with Crippen LogP contribution in [0.4, 0.5) is 0 Å². The molecule has 0 radical (unpaired) electrons. The maximum atomic E-state index is 10.6. The van der Waals surface area contributed by atoms with E-state index in [2.05, 4.69) is 11.3 Å². The van der Waals surface area contributed by atoms with E-state index in [1.165, 1.54) is 6.08 Å². The minimum absolute atomic E-state index is 0.428. The van der Waals surface area contributed by atoms with Gasteiger partial charge in [0, 0.05) is 0 Å². The molecule has 0 aromatic carbocycles. The van der Waals surface area contributed by atoms with E-state index in [0.717, 1.165) is 13.2 Å². The minimum Gasteiger partial charge on any atom is -0.477 e. The fourth-order valence-corrected chi connectivity index (χ4v) is 0.454. The van der Waals surface area contributed by atoms with Gasteiger partial charge in [0.15, 0.2) is 0 Å². The molecule has 0 aliphatic heterocycles. The van der Waals surface area contributed by atoms with Gasteiger partial charge in [0.1, 0.15) is 5.57 Å². The highest BCUT2D eigenvalue weighted by molar-refractivity contribution is 6.13. The summed E-state index contributed by atoms with van der Waals surface area (Å²) < 4.78 is 4.19. The van der Waals surface area contributed by atoms with Crippen LogP contribution in [0.25, 0.3) is 0 Å². The van der Waals surface area contributed by atoms with Gasteiger partial charge in [-0.15, -0.1) is 0 Å². The number of aliphatic carboxylic acids is 1. The van der Waals surface area contributed by atoms with Crippen LogP contribution in [0.1, 0.15) is 0 Å². The van der Waals surface area contributed by atoms with Crippen LogP contribution in [-0.2, 0) is 14.3 Å². The van der Waals surface area contributed by atoms with Crippen molar-refractivity contribution in [3.8, 4) is 0 Å². The fourth-order valence-electron chi connectivity index (χ4n) is 0.454. The summed E-state index contributed by atoms with van der Waals surface area (Å²) in [6.07, 6.45) is 2.29. The molecule has 0 amide bonds. The van der Waals surface area contributed by atoms with Crippen molar-refractivity contribution in [1.29, 1.82) is 0 Å². The first kappa shape index (κ1) is 9.42. The predicted octanol–water partition coefficient (Wildman–Crippen LogP) is 0.356. The quantitative estimate of drug-likeness (QED) is 0.210. The zero-order valence-corrected chi connectivity index (χ0v) is 6.03. The first-order valence-electron chi connectivity index (χ1n) is 2.77. The second-order valence-electron chi connectivity index (χ2n) is 1.61. The summed E-state index contributed by atoms with van der Waals surface area (Å²) in [4.78, 5) is 20.9. The average Bonchev–Trinajstić information content (AvgIpc) is 1.98. The number of carbonyl (C=O) groups is 2. The predicted molar refractivity (Wildman–Crippen MR) is 37.9 cm³/mol. The van der Waals surface area contributed by atoms with Gasteiger partial charge in [-0.05, 0) is 6.08 Å². The van der Waals surface area contributed by atoms with E-state index < -0.39 is 17.5 Å². The number of ether oxygens (including phenoxy) is 1. The number of allylic oxidation sites excluding steroid dienone is 2. The van der Waals surface area contributed by atoms with Gasteiger partial charge in [-0.2, -0.15) is 0 Å². The van der Waals surface area contributed by atoms with Gasteiger partial charge < -0.3 is 9.84 Å². The molecule has 1 N–H and O–H groups in total. The van der Waals surface area contributed by atoms with E-state index in [4.69, 9.17) is 5.11 Å². The highest BCUT2D eigenvalue weighted by atomic mass is 16.5. The first-order valence-corrected chi connectivity index (χ1v) is 2.77. The van der Waals surface area contributed by atoms with E-state index in [9.17, 15) is 9.59 Å². The van der Waals surface area contributed by atoms with Gasteiger partial charge in [-0.25, -0.2) is 9.59 Å². The van der Waals surface area contributed by atoms with Crippen molar-refractivity contribution in [1.82, 2.24) is 0 Å². The molecular formula is C7H8O4. The lowest BCUT2D eigenvalue weighted by molar-refractivity contribution is -0.142. The number of carbonyl (C=O) groups excluding carboxylic acids is 1. The Morgan fingerprint density at radius 3 is 2.36 bits per heavy atom. The second kappa shape index (κ2) is 4.27. The molecule has 0 fully saturated rings. The molecule has 0 heterocycles. The molecule has 0 saturated heterocycles. The SMILES string of the molecule is C=CC=C(C(=O)O)C(=O)OC. The Labute approximate surface area is 63.8 Å². The van der Waals surface area contributed by atoms with Crippen molar-refractivity contribution in [2.75, 3.05) is 7.11 Å². The second-order valence-corrected chi connectivity index (χ2v) is 1.61. The van der Waals surface area contributed by atoms with Gasteiger partial charge in [-0.1, -0.05) is 12.7 Å². The highest BCUT2D eigenvalue weighted by Gasteiger charge is 2.15. The van der Waals surface area contributed by atoms with Gasteiger partial charge in [0.05, 0.1) is 7.11 Å². The third-order valence-corrected chi connectivity index (χ3v) is 0.920. The van der Waals surface area contributed by atoms with Gasteiger partial charge >= 0.3 is 11.9 Å². The molecule has 0 bridgehead atoms. The van der Waals surface area contributed by atoms with Crippen molar-refractivity contribution in [2.45, 2.75) is 0 Å². The van der Waals surface area contributed by atoms with Gasteiger partial charge in [0.2, 0.25) is 0 Å². The molecular weight excluding hydrogens is 148 g/mol. The van der Waals surface area contributed by atoms with E-state index in [1.807, 2.05) is 0 Å². The van der Waals surface area contributed by atoms with Crippen LogP contribution < -0.4 is 0 Å². The Bertz CT molecular complexity index is 214. The molecule has 0 aliphatic rings. The molecule has 4 nitrogen and oxygen atoms in total. The third kappa shape index (κ3) is 2.66. The number of methoxy groups -OCH3 is 1. The van der Waals surface area contributed by atoms with Crippen LogP contribution >= 0.6 is 0 Å². The zero-order chi connectivity index (χ0) is 8.85. The summed E-state index contributed by atoms with van der Waals surface area (Å²) in [5.41, 5.74) is -0.428. The summed E-state index contributed by atoms with van der Waals surface area (Å²) in [5.74, 6) is -2.20. The largest absolute Gasteiger partial charge is 0.477 e. The van der Waals surface area contributed by atoms with Crippen molar-refractivity contribution in [2.24, 2.45) is 0 Å². The van der Waals surface area contributed by atoms with Crippen molar-refractivity contribution < 1.29 is 19.4 Å². The van der Waals surface area contributed by atoms with Crippen LogP contribution in [0, 0.1) is 0 Å². The lowest BCUT2D eigenvalue weighted by atomic mass is 10.2. The number of esters is 1. The van der Waals surface area contributed by atoms with Crippen LogP contribution in [0.3, 0.4) is 0 Å². The molecule has 0 aromatic rings. The Balaban J connectivity index is 4.61. The number of hydrogen-bond acceptors (Lipinski definition) is 3. The standard InChI is InChI=1S/C7H8O4/c1-3-4-5(6(8)9)7(10)11-2/h3-4H,1H2,2H3,(H,8,9). The third-order valence-electron chi connectivity index (χ3n) is 0.920. The molecule has 0 atom stereocenters. The number of rotatable bonds is 3. The molecule has 60 valence electrons. The summed E-state index contributed by atoms with van der Waals surface area (Å²) in [6, 6.07) is 0. The van der Waals surface area contributed by atoms with Crippen molar-refractivity contribution in [3.63, 3.8) is 0 Å². The average molecular weight is 156 g/mol. The molecule has 11 heavy (non-hydrogen) atoms. The molecule has 0 unspecified atom stereocenters. The fraction of sp³-hybridized carbons (Fsp3) is 0.143. The highest BCUT2D eigenvalue weighted by Crippen LogP contribution is 1.97. The van der Waals surface area contributed by atoms with E-state index in [1.54, 1.807) is 0 Å². The van der Waals surface area contributed by atoms with E-state index >= 15 is 0 Å². The Morgan fingerprint density at radius 1 is 1.55 bits per heavy atom. The molecule has 0 rings (SSSR count). The van der Waals surface area contributed by atoms with Crippen LogP contribution in [0.5, 0.6) is 0 Å². The molecule has 0 aliphatic carbocycles. The van der Waals surface area contributed by atoms with Gasteiger partial charge in [0.25, 0.3) is 0 Å². The van der Waals surface area contributed by atoms with E-state index in [-0.39, 0.29) is 0 Å². The lowest BCUT2D eigenvalue weighted by Crippen LogP contribution is -2.13. The first-order chi connectivity index (χ1) is 5.13. The summed E-state index contributed by atoms with van der Waals surface area (Å²) in [7, 11) is 1.11. The van der Waals surface area contributed by atoms with Crippen molar-refractivity contribution >= 4 is 11.9 Å². The van der Waals surface area contributed by atoms with Gasteiger partial charge in [-0.3, -0.25) is 0 Å². The maximum absolute atomic E-state index is 10.6. The summed E-state index contributed by atoms with van der Waals surface area (Å²) >= 11 is 0. The minimum atomic E-state index is -1.32. The topological polar surface area (TPSA) is 63.6 Å². The molecule has 0 spiro atoms. The zero-order valence-electron chi connectivity index (χ0n) is 6.03. The normalized spacial score (nSPS) is 10.5. The Kier molecular flexibility index (Phi) is 3.66. The van der Waals surface area contributed by atoms with Crippen LogP contribution in [-0.4, -0.2) is 24.2 Å².